The molecule has 0 saturated carbocycles. The minimum atomic E-state index is -0.0961. The normalized spacial score (nSPS) is 10.6. The van der Waals surface area contributed by atoms with E-state index in [-0.39, 0.29) is 5.91 Å². The molecule has 1 amide bonds. The number of carbonyl (C=O) groups excluding carboxylic acids is 1. The Morgan fingerprint density at radius 1 is 1.50 bits per heavy atom. The average Bonchev–Trinajstić information content (AvgIpc) is 2.82. The van der Waals surface area contributed by atoms with Crippen molar-refractivity contribution >= 4 is 17.2 Å². The van der Waals surface area contributed by atoms with Crippen LogP contribution < -0.4 is 11.1 Å². The van der Waals surface area contributed by atoms with Crippen LogP contribution in [-0.2, 0) is 11.2 Å². The molecule has 1 aromatic rings. The smallest absolute Gasteiger partial charge is 0.270 e. The lowest BCUT2D eigenvalue weighted by Crippen LogP contribution is -2.24. The maximum absolute atomic E-state index is 11.7. The molecule has 102 valence electrons. The van der Waals surface area contributed by atoms with Gasteiger partial charge in [0, 0.05) is 32.1 Å². The number of nitrogens with zero attached hydrogens (tertiary/aromatic N) is 1. The van der Waals surface area contributed by atoms with Gasteiger partial charge in [-0.25, -0.2) is 4.98 Å². The number of hydrogen-bond acceptors (Lipinski definition) is 5. The summed E-state index contributed by atoms with van der Waals surface area (Å²) in [6.07, 6.45) is 3.79. The fraction of sp³-hybridized carbons (Fsp3) is 0.667. The van der Waals surface area contributed by atoms with E-state index in [4.69, 9.17) is 10.5 Å². The standard InChI is InChI=1S/C12H21N3O2S/c1-17-8-4-2-3-7-14-12(16)10-9-18-11(15-10)5-6-13/h9H,2-8,13H2,1H3,(H,14,16). The molecule has 0 atom stereocenters. The van der Waals surface area contributed by atoms with Gasteiger partial charge in [0.25, 0.3) is 5.91 Å². The summed E-state index contributed by atoms with van der Waals surface area (Å²) >= 11 is 1.48. The summed E-state index contributed by atoms with van der Waals surface area (Å²) in [5.74, 6) is -0.0961. The number of hydrogen-bond donors (Lipinski definition) is 2. The molecule has 1 aromatic heterocycles. The highest BCUT2D eigenvalue weighted by Crippen LogP contribution is 2.09. The van der Waals surface area contributed by atoms with Crippen molar-refractivity contribution in [2.45, 2.75) is 25.7 Å². The van der Waals surface area contributed by atoms with E-state index in [2.05, 4.69) is 10.3 Å². The SMILES string of the molecule is COCCCCCNC(=O)c1csc(CCN)n1. The Hall–Kier alpha value is -0.980. The van der Waals surface area contributed by atoms with Gasteiger partial charge < -0.3 is 15.8 Å². The van der Waals surface area contributed by atoms with E-state index in [9.17, 15) is 4.79 Å². The Morgan fingerprint density at radius 2 is 2.33 bits per heavy atom. The van der Waals surface area contributed by atoms with Gasteiger partial charge in [0.1, 0.15) is 5.69 Å². The Kier molecular flexibility index (Phi) is 7.55. The number of nitrogens with two attached hydrogens (primary N) is 1. The van der Waals surface area contributed by atoms with Crippen molar-refractivity contribution in [3.05, 3.63) is 16.1 Å². The molecule has 0 aromatic carbocycles. The van der Waals surface area contributed by atoms with E-state index in [1.165, 1.54) is 11.3 Å². The lowest BCUT2D eigenvalue weighted by atomic mass is 10.2. The first kappa shape index (κ1) is 15.1. The highest BCUT2D eigenvalue weighted by Gasteiger charge is 2.09. The summed E-state index contributed by atoms with van der Waals surface area (Å²) in [7, 11) is 1.70. The predicted molar refractivity (Wildman–Crippen MR) is 72.9 cm³/mol. The average molecular weight is 271 g/mol. The number of unbranched alkanes of at least 4 members (excludes halogenated alkanes) is 2. The van der Waals surface area contributed by atoms with Crippen molar-refractivity contribution in [3.63, 3.8) is 0 Å². The monoisotopic (exact) mass is 271 g/mol. The van der Waals surface area contributed by atoms with E-state index in [0.717, 1.165) is 37.3 Å². The highest BCUT2D eigenvalue weighted by atomic mass is 32.1. The van der Waals surface area contributed by atoms with Crippen molar-refractivity contribution in [1.82, 2.24) is 10.3 Å². The number of methoxy groups -OCH3 is 1. The van der Waals surface area contributed by atoms with Crippen LogP contribution in [0.2, 0.25) is 0 Å². The van der Waals surface area contributed by atoms with Gasteiger partial charge in [0.2, 0.25) is 0 Å². The Balaban J connectivity index is 2.19. The zero-order valence-corrected chi connectivity index (χ0v) is 11.6. The fourth-order valence-electron chi connectivity index (χ4n) is 1.49. The van der Waals surface area contributed by atoms with E-state index >= 15 is 0 Å². The lowest BCUT2D eigenvalue weighted by Gasteiger charge is -2.03. The number of rotatable bonds is 9. The Labute approximate surface area is 112 Å². The molecular formula is C12H21N3O2S. The molecule has 18 heavy (non-hydrogen) atoms. The lowest BCUT2D eigenvalue weighted by molar-refractivity contribution is 0.0948. The largest absolute Gasteiger partial charge is 0.385 e. The number of aromatic nitrogens is 1. The van der Waals surface area contributed by atoms with Crippen LogP contribution in [0.15, 0.2) is 5.38 Å². The summed E-state index contributed by atoms with van der Waals surface area (Å²) in [6, 6.07) is 0. The molecule has 3 N–H and O–H groups in total. The van der Waals surface area contributed by atoms with Crippen molar-refractivity contribution in [2.24, 2.45) is 5.73 Å². The highest BCUT2D eigenvalue weighted by molar-refractivity contribution is 7.09. The molecule has 0 unspecified atom stereocenters. The first-order valence-electron chi connectivity index (χ1n) is 6.19. The fourth-order valence-corrected chi connectivity index (χ4v) is 2.29. The topological polar surface area (TPSA) is 77.2 Å². The first-order valence-corrected chi connectivity index (χ1v) is 7.07. The van der Waals surface area contributed by atoms with E-state index < -0.39 is 0 Å². The van der Waals surface area contributed by atoms with E-state index in [0.29, 0.717) is 18.8 Å². The summed E-state index contributed by atoms with van der Waals surface area (Å²) in [4.78, 5) is 16.0. The molecule has 5 nitrogen and oxygen atoms in total. The quantitative estimate of drug-likeness (QED) is 0.661. The molecule has 0 saturated heterocycles. The minimum Gasteiger partial charge on any atom is -0.385 e. The van der Waals surface area contributed by atoms with Gasteiger partial charge in [-0.3, -0.25) is 4.79 Å². The Bertz CT molecular complexity index is 355. The number of amides is 1. The maximum Gasteiger partial charge on any atom is 0.270 e. The summed E-state index contributed by atoms with van der Waals surface area (Å²) < 4.78 is 4.96. The molecule has 0 fully saturated rings. The van der Waals surface area contributed by atoms with Crippen LogP contribution in [0.3, 0.4) is 0 Å². The molecule has 0 aliphatic rings. The number of thiazole rings is 1. The first-order chi connectivity index (χ1) is 8.77. The number of ether oxygens (including phenoxy) is 1. The summed E-state index contributed by atoms with van der Waals surface area (Å²) in [5.41, 5.74) is 5.94. The summed E-state index contributed by atoms with van der Waals surface area (Å²) in [5, 5.41) is 5.57. The third kappa shape index (κ3) is 5.57. The van der Waals surface area contributed by atoms with Gasteiger partial charge in [-0.1, -0.05) is 0 Å². The Morgan fingerprint density at radius 3 is 3.06 bits per heavy atom. The van der Waals surface area contributed by atoms with Gasteiger partial charge in [-0.2, -0.15) is 0 Å². The third-order valence-electron chi connectivity index (χ3n) is 2.45. The molecule has 1 rings (SSSR count). The molecule has 0 bridgehead atoms. The third-order valence-corrected chi connectivity index (χ3v) is 3.36. The zero-order chi connectivity index (χ0) is 13.2. The maximum atomic E-state index is 11.7. The molecule has 1 heterocycles. The second-order valence-corrected chi connectivity index (χ2v) is 4.92. The van der Waals surface area contributed by atoms with Crippen LogP contribution in [0, 0.1) is 0 Å². The van der Waals surface area contributed by atoms with E-state index in [1.807, 2.05) is 0 Å². The molecule has 0 aliphatic carbocycles. The van der Waals surface area contributed by atoms with Gasteiger partial charge in [-0.05, 0) is 25.8 Å². The van der Waals surface area contributed by atoms with Crippen LogP contribution in [0.4, 0.5) is 0 Å². The molecule has 0 radical (unpaired) electrons. The van der Waals surface area contributed by atoms with Crippen molar-refractivity contribution in [3.8, 4) is 0 Å². The minimum absolute atomic E-state index is 0.0961. The molecular weight excluding hydrogens is 250 g/mol. The van der Waals surface area contributed by atoms with Crippen molar-refractivity contribution < 1.29 is 9.53 Å². The molecule has 6 heteroatoms. The van der Waals surface area contributed by atoms with Crippen LogP contribution in [0.5, 0.6) is 0 Å². The summed E-state index contributed by atoms with van der Waals surface area (Å²) in [6.45, 7) is 2.03. The van der Waals surface area contributed by atoms with Gasteiger partial charge in [-0.15, -0.1) is 11.3 Å². The second kappa shape index (κ2) is 9.02. The van der Waals surface area contributed by atoms with Crippen molar-refractivity contribution in [2.75, 3.05) is 26.8 Å². The zero-order valence-electron chi connectivity index (χ0n) is 10.8. The molecule has 0 aliphatic heterocycles. The van der Waals surface area contributed by atoms with Crippen LogP contribution in [0.1, 0.15) is 34.8 Å². The van der Waals surface area contributed by atoms with Crippen LogP contribution >= 0.6 is 11.3 Å². The number of carbonyl (C=O) groups is 1. The van der Waals surface area contributed by atoms with E-state index in [1.54, 1.807) is 12.5 Å². The predicted octanol–water partition coefficient (Wildman–Crippen LogP) is 1.19. The van der Waals surface area contributed by atoms with Gasteiger partial charge >= 0.3 is 0 Å². The van der Waals surface area contributed by atoms with Crippen molar-refractivity contribution in [1.29, 1.82) is 0 Å². The van der Waals surface area contributed by atoms with Gasteiger partial charge in [0.05, 0.1) is 5.01 Å². The van der Waals surface area contributed by atoms with Crippen LogP contribution in [-0.4, -0.2) is 37.7 Å². The second-order valence-electron chi connectivity index (χ2n) is 3.97. The van der Waals surface area contributed by atoms with Crippen LogP contribution in [0.25, 0.3) is 0 Å². The number of nitrogens with one attached hydrogen (secondary N) is 1. The van der Waals surface area contributed by atoms with Gasteiger partial charge in [0.15, 0.2) is 0 Å². The molecule has 0 spiro atoms.